The first-order valence-corrected chi connectivity index (χ1v) is 5.43. The quantitative estimate of drug-likeness (QED) is 0.817. The van der Waals surface area contributed by atoms with Crippen molar-refractivity contribution >= 4 is 5.82 Å². The van der Waals surface area contributed by atoms with Gasteiger partial charge in [-0.05, 0) is 37.8 Å². The van der Waals surface area contributed by atoms with Gasteiger partial charge in [0.05, 0.1) is 0 Å². The predicted molar refractivity (Wildman–Crippen MR) is 59.4 cm³/mol. The van der Waals surface area contributed by atoms with Crippen molar-refractivity contribution in [1.29, 1.82) is 5.26 Å². The fourth-order valence-electron chi connectivity index (χ4n) is 1.87. The number of hydrogen-bond acceptors (Lipinski definition) is 3. The maximum atomic E-state index is 8.72. The maximum Gasteiger partial charge on any atom is 0.142 e. The van der Waals surface area contributed by atoms with Crippen LogP contribution in [0.15, 0.2) is 18.2 Å². The average molecular weight is 201 g/mol. The molecule has 0 amide bonds. The number of nitriles is 1. The second kappa shape index (κ2) is 4.31. The molecule has 0 aromatic carbocycles. The van der Waals surface area contributed by atoms with Crippen LogP contribution in [0.3, 0.4) is 0 Å². The van der Waals surface area contributed by atoms with Gasteiger partial charge in [-0.3, -0.25) is 0 Å². The Kier molecular flexibility index (Phi) is 2.86. The number of rotatable bonds is 3. The molecule has 0 spiro atoms. The second-order valence-corrected chi connectivity index (χ2v) is 4.14. The smallest absolute Gasteiger partial charge is 0.142 e. The largest absolute Gasteiger partial charge is 0.367 e. The summed E-state index contributed by atoms with van der Waals surface area (Å²) in [6.45, 7) is 2.19. The van der Waals surface area contributed by atoms with E-state index in [1.165, 1.54) is 19.3 Å². The van der Waals surface area contributed by atoms with Crippen molar-refractivity contribution in [1.82, 2.24) is 4.98 Å². The van der Waals surface area contributed by atoms with Crippen molar-refractivity contribution in [3.8, 4) is 6.07 Å². The molecule has 1 atom stereocenters. The summed E-state index contributed by atoms with van der Waals surface area (Å²) in [5, 5.41) is 12.1. The molecule has 1 aliphatic carbocycles. The van der Waals surface area contributed by atoms with E-state index in [-0.39, 0.29) is 0 Å². The fourth-order valence-corrected chi connectivity index (χ4v) is 1.87. The molecule has 0 saturated heterocycles. The Morgan fingerprint density at radius 2 is 2.33 bits per heavy atom. The van der Waals surface area contributed by atoms with Crippen molar-refractivity contribution in [3.05, 3.63) is 23.9 Å². The van der Waals surface area contributed by atoms with Gasteiger partial charge in [-0.25, -0.2) is 4.98 Å². The molecule has 1 heterocycles. The molecule has 1 aliphatic rings. The molecular weight excluding hydrogens is 186 g/mol. The summed E-state index contributed by atoms with van der Waals surface area (Å²) in [4.78, 5) is 4.20. The van der Waals surface area contributed by atoms with Crippen LogP contribution in [0.4, 0.5) is 5.82 Å². The van der Waals surface area contributed by atoms with Gasteiger partial charge in [0, 0.05) is 6.04 Å². The Labute approximate surface area is 90.1 Å². The molecule has 78 valence electrons. The molecular formula is C12H15N3. The van der Waals surface area contributed by atoms with Crippen molar-refractivity contribution < 1.29 is 0 Å². The van der Waals surface area contributed by atoms with Crippen LogP contribution in [0.2, 0.25) is 0 Å². The van der Waals surface area contributed by atoms with Crippen molar-refractivity contribution in [2.45, 2.75) is 32.2 Å². The van der Waals surface area contributed by atoms with Gasteiger partial charge in [0.2, 0.25) is 0 Å². The molecule has 2 rings (SSSR count). The molecule has 1 aromatic heterocycles. The predicted octanol–water partition coefficient (Wildman–Crippen LogP) is 2.55. The van der Waals surface area contributed by atoms with E-state index in [9.17, 15) is 0 Å². The Balaban J connectivity index is 2.00. The molecule has 3 nitrogen and oxygen atoms in total. The molecule has 1 N–H and O–H groups in total. The summed E-state index contributed by atoms with van der Waals surface area (Å²) in [6, 6.07) is 8.00. The zero-order chi connectivity index (χ0) is 10.7. The number of nitrogens with zero attached hydrogens (tertiary/aromatic N) is 2. The summed E-state index contributed by atoms with van der Waals surface area (Å²) in [5.41, 5.74) is 0.473. The van der Waals surface area contributed by atoms with Crippen molar-refractivity contribution in [3.63, 3.8) is 0 Å². The van der Waals surface area contributed by atoms with Gasteiger partial charge in [0.25, 0.3) is 0 Å². The van der Waals surface area contributed by atoms with E-state index in [2.05, 4.69) is 17.2 Å². The third-order valence-corrected chi connectivity index (χ3v) is 3.10. The van der Waals surface area contributed by atoms with Gasteiger partial charge in [0.1, 0.15) is 17.6 Å². The molecule has 0 bridgehead atoms. The van der Waals surface area contributed by atoms with E-state index < -0.39 is 0 Å². The van der Waals surface area contributed by atoms with E-state index in [0.717, 1.165) is 11.7 Å². The summed E-state index contributed by atoms with van der Waals surface area (Å²) >= 11 is 0. The summed E-state index contributed by atoms with van der Waals surface area (Å²) in [5.74, 6) is 1.59. The number of pyridine rings is 1. The Hall–Kier alpha value is -1.56. The molecule has 0 aliphatic heterocycles. The number of anilines is 1. The van der Waals surface area contributed by atoms with Crippen molar-refractivity contribution in [2.75, 3.05) is 5.32 Å². The second-order valence-electron chi connectivity index (χ2n) is 4.14. The van der Waals surface area contributed by atoms with Gasteiger partial charge >= 0.3 is 0 Å². The third kappa shape index (κ3) is 2.27. The highest BCUT2D eigenvalue weighted by molar-refractivity contribution is 5.39. The standard InChI is InChI=1S/C12H15N3/c1-9(10-4-2-5-10)14-12-7-3-6-11(8-13)15-12/h3,6-7,9-10H,2,4-5H2,1H3,(H,14,15). The topological polar surface area (TPSA) is 48.7 Å². The first-order chi connectivity index (χ1) is 7.29. The van der Waals surface area contributed by atoms with Gasteiger partial charge in [0.15, 0.2) is 0 Å². The zero-order valence-corrected chi connectivity index (χ0v) is 8.90. The molecule has 0 radical (unpaired) electrons. The van der Waals surface area contributed by atoms with E-state index in [1.807, 2.05) is 18.2 Å². The van der Waals surface area contributed by atoms with Crippen LogP contribution < -0.4 is 5.32 Å². The number of hydrogen-bond donors (Lipinski definition) is 1. The van der Waals surface area contributed by atoms with Crippen LogP contribution in [0.1, 0.15) is 31.9 Å². The minimum atomic E-state index is 0.459. The lowest BCUT2D eigenvalue weighted by atomic mass is 9.80. The normalized spacial score (nSPS) is 17.6. The van der Waals surface area contributed by atoms with E-state index in [1.54, 1.807) is 6.07 Å². The Morgan fingerprint density at radius 3 is 2.93 bits per heavy atom. The number of nitrogens with one attached hydrogen (secondary N) is 1. The molecule has 1 unspecified atom stereocenters. The highest BCUT2D eigenvalue weighted by atomic mass is 15.0. The minimum Gasteiger partial charge on any atom is -0.367 e. The van der Waals surface area contributed by atoms with Crippen LogP contribution in [-0.4, -0.2) is 11.0 Å². The molecule has 1 aromatic rings. The number of aromatic nitrogens is 1. The van der Waals surface area contributed by atoms with Crippen LogP contribution in [0.25, 0.3) is 0 Å². The molecule has 1 fully saturated rings. The monoisotopic (exact) mass is 201 g/mol. The van der Waals surface area contributed by atoms with Gasteiger partial charge in [-0.1, -0.05) is 12.5 Å². The molecule has 1 saturated carbocycles. The van der Waals surface area contributed by atoms with E-state index in [4.69, 9.17) is 5.26 Å². The van der Waals surface area contributed by atoms with Crippen LogP contribution in [0, 0.1) is 17.2 Å². The van der Waals surface area contributed by atoms with E-state index >= 15 is 0 Å². The third-order valence-electron chi connectivity index (χ3n) is 3.10. The SMILES string of the molecule is CC(Nc1cccc(C#N)n1)C1CCC1. The first kappa shape index (κ1) is 9.97. The average Bonchev–Trinajstić information content (AvgIpc) is 2.15. The molecule has 15 heavy (non-hydrogen) atoms. The Morgan fingerprint density at radius 1 is 1.53 bits per heavy atom. The Bertz CT molecular complexity index is 377. The highest BCUT2D eigenvalue weighted by Crippen LogP contribution is 2.30. The van der Waals surface area contributed by atoms with Crippen LogP contribution in [-0.2, 0) is 0 Å². The minimum absolute atomic E-state index is 0.459. The van der Waals surface area contributed by atoms with Gasteiger partial charge in [-0.2, -0.15) is 5.26 Å². The highest BCUT2D eigenvalue weighted by Gasteiger charge is 2.23. The first-order valence-electron chi connectivity index (χ1n) is 5.43. The zero-order valence-electron chi connectivity index (χ0n) is 8.90. The summed E-state index contributed by atoms with van der Waals surface area (Å²) in [6.07, 6.45) is 3.97. The fraction of sp³-hybridized carbons (Fsp3) is 0.500. The van der Waals surface area contributed by atoms with Crippen LogP contribution >= 0.6 is 0 Å². The lowest BCUT2D eigenvalue weighted by Crippen LogP contribution is -2.31. The van der Waals surface area contributed by atoms with E-state index in [0.29, 0.717) is 11.7 Å². The maximum absolute atomic E-state index is 8.72. The van der Waals surface area contributed by atoms with Crippen molar-refractivity contribution in [2.24, 2.45) is 5.92 Å². The van der Waals surface area contributed by atoms with Gasteiger partial charge in [-0.15, -0.1) is 0 Å². The lowest BCUT2D eigenvalue weighted by molar-refractivity contribution is 0.285. The summed E-state index contributed by atoms with van der Waals surface area (Å²) in [7, 11) is 0. The van der Waals surface area contributed by atoms with Crippen LogP contribution in [0.5, 0.6) is 0 Å². The van der Waals surface area contributed by atoms with Gasteiger partial charge < -0.3 is 5.32 Å². The molecule has 3 heteroatoms. The summed E-state index contributed by atoms with van der Waals surface area (Å²) < 4.78 is 0. The lowest BCUT2D eigenvalue weighted by Gasteiger charge is -2.32.